The normalized spacial score (nSPS) is 13.0. The number of carbonyl (C=O) groups is 2. The van der Waals surface area contributed by atoms with Crippen LogP contribution < -0.4 is 10.6 Å². The minimum absolute atomic E-state index is 0.275. The third-order valence-corrected chi connectivity index (χ3v) is 5.18. The van der Waals surface area contributed by atoms with E-state index in [1.54, 1.807) is 18.4 Å². The van der Waals surface area contributed by atoms with Crippen molar-refractivity contribution in [3.05, 3.63) is 70.7 Å². The number of aryl methyl sites for hydroxylation is 2. The molecular formula is C22H24N4O3. The van der Waals surface area contributed by atoms with Crippen LogP contribution in [0.3, 0.4) is 0 Å². The molecule has 4 rings (SSSR count). The number of hydrogen-bond donors (Lipinski definition) is 2. The highest BCUT2D eigenvalue weighted by atomic mass is 16.3. The lowest BCUT2D eigenvalue weighted by molar-refractivity contribution is 0.0932. The lowest BCUT2D eigenvalue weighted by Gasteiger charge is -2.17. The molecule has 0 bridgehead atoms. The lowest BCUT2D eigenvalue weighted by Crippen LogP contribution is -2.27. The van der Waals surface area contributed by atoms with Crippen molar-refractivity contribution in [2.45, 2.75) is 46.2 Å². The molecule has 0 spiro atoms. The molecule has 3 aromatic rings. The Morgan fingerprint density at radius 1 is 1.17 bits per heavy atom. The maximum Gasteiger partial charge on any atom is 0.287 e. The Morgan fingerprint density at radius 2 is 2.03 bits per heavy atom. The van der Waals surface area contributed by atoms with Crippen molar-refractivity contribution in [3.63, 3.8) is 0 Å². The van der Waals surface area contributed by atoms with Gasteiger partial charge in [-0.05, 0) is 62.4 Å². The van der Waals surface area contributed by atoms with Crippen molar-refractivity contribution in [2.75, 3.05) is 5.32 Å². The van der Waals surface area contributed by atoms with Crippen molar-refractivity contribution < 1.29 is 14.0 Å². The van der Waals surface area contributed by atoms with Gasteiger partial charge in [-0.15, -0.1) is 0 Å². The van der Waals surface area contributed by atoms with Gasteiger partial charge in [0.2, 0.25) is 0 Å². The third-order valence-electron chi connectivity index (χ3n) is 5.18. The van der Waals surface area contributed by atoms with E-state index >= 15 is 0 Å². The van der Waals surface area contributed by atoms with E-state index in [4.69, 9.17) is 4.42 Å². The summed E-state index contributed by atoms with van der Waals surface area (Å²) in [5.74, 6) is 0.346. The van der Waals surface area contributed by atoms with E-state index < -0.39 is 0 Å². The molecule has 0 unspecified atom stereocenters. The van der Waals surface area contributed by atoms with E-state index in [0.717, 1.165) is 41.8 Å². The van der Waals surface area contributed by atoms with Crippen molar-refractivity contribution >= 4 is 17.5 Å². The Morgan fingerprint density at radius 3 is 2.83 bits per heavy atom. The average Bonchev–Trinajstić information content (AvgIpc) is 3.37. The molecule has 1 aromatic carbocycles. The van der Waals surface area contributed by atoms with E-state index in [2.05, 4.69) is 15.6 Å². The highest BCUT2D eigenvalue weighted by Gasteiger charge is 2.27. The summed E-state index contributed by atoms with van der Waals surface area (Å²) in [5, 5.41) is 5.78. The summed E-state index contributed by atoms with van der Waals surface area (Å²) in [6.45, 7) is 4.89. The summed E-state index contributed by atoms with van der Waals surface area (Å²) in [7, 11) is 0. The van der Waals surface area contributed by atoms with Gasteiger partial charge < -0.3 is 19.6 Å². The zero-order valence-corrected chi connectivity index (χ0v) is 16.6. The topological polar surface area (TPSA) is 89.2 Å². The van der Waals surface area contributed by atoms with Crippen molar-refractivity contribution in [1.82, 2.24) is 14.9 Å². The molecule has 1 aliphatic rings. The van der Waals surface area contributed by atoms with Gasteiger partial charge in [0.1, 0.15) is 5.76 Å². The molecule has 0 atom stereocenters. The SMILES string of the molecule is Cc1ccc(C)c(NC(=O)c2nc(C(=O)NCc3ccco3)n3c2CCCC3)c1. The highest BCUT2D eigenvalue weighted by molar-refractivity contribution is 6.05. The number of rotatable bonds is 5. The van der Waals surface area contributed by atoms with Gasteiger partial charge in [-0.1, -0.05) is 12.1 Å². The van der Waals surface area contributed by atoms with Crippen molar-refractivity contribution in [2.24, 2.45) is 0 Å². The quantitative estimate of drug-likeness (QED) is 0.694. The number of amides is 2. The predicted octanol–water partition coefficient (Wildman–Crippen LogP) is 3.61. The van der Waals surface area contributed by atoms with Gasteiger partial charge in [0, 0.05) is 12.2 Å². The minimum atomic E-state index is -0.310. The van der Waals surface area contributed by atoms with Gasteiger partial charge in [0.05, 0.1) is 18.5 Å². The fourth-order valence-electron chi connectivity index (χ4n) is 3.61. The van der Waals surface area contributed by atoms with Crippen LogP contribution in [0.4, 0.5) is 5.69 Å². The van der Waals surface area contributed by atoms with Crippen LogP contribution in [0.2, 0.25) is 0 Å². The summed E-state index contributed by atoms with van der Waals surface area (Å²) in [4.78, 5) is 30.2. The van der Waals surface area contributed by atoms with Gasteiger partial charge in [-0.2, -0.15) is 0 Å². The molecule has 1 aliphatic heterocycles. The summed E-state index contributed by atoms with van der Waals surface area (Å²) >= 11 is 0. The van der Waals surface area contributed by atoms with Crippen LogP contribution in [0.15, 0.2) is 41.0 Å². The number of carbonyl (C=O) groups excluding carboxylic acids is 2. The number of nitrogens with zero attached hydrogens (tertiary/aromatic N) is 2. The summed E-state index contributed by atoms with van der Waals surface area (Å²) in [6.07, 6.45) is 4.23. The molecular weight excluding hydrogens is 368 g/mol. The Balaban J connectivity index is 1.59. The number of hydrogen-bond acceptors (Lipinski definition) is 4. The molecule has 2 aromatic heterocycles. The van der Waals surface area contributed by atoms with E-state index in [-0.39, 0.29) is 24.2 Å². The second-order valence-electron chi connectivity index (χ2n) is 7.37. The second kappa shape index (κ2) is 7.95. The molecule has 29 heavy (non-hydrogen) atoms. The summed E-state index contributed by atoms with van der Waals surface area (Å²) in [5.41, 5.74) is 3.96. The van der Waals surface area contributed by atoms with Crippen LogP contribution >= 0.6 is 0 Å². The van der Waals surface area contributed by atoms with Crippen LogP contribution in [0.5, 0.6) is 0 Å². The largest absolute Gasteiger partial charge is 0.467 e. The van der Waals surface area contributed by atoms with Gasteiger partial charge in [-0.3, -0.25) is 9.59 Å². The standard InChI is InChI=1S/C22H24N4O3/c1-14-8-9-15(2)17(12-14)24-21(27)19-18-7-3-4-10-26(18)20(25-19)22(28)23-13-16-6-5-11-29-16/h5-6,8-9,11-12H,3-4,7,10,13H2,1-2H3,(H,23,28)(H,24,27). The molecule has 0 saturated heterocycles. The third kappa shape index (κ3) is 3.94. The summed E-state index contributed by atoms with van der Waals surface area (Å²) < 4.78 is 7.13. The average molecular weight is 392 g/mol. The first-order chi connectivity index (χ1) is 14.0. The van der Waals surface area contributed by atoms with Crippen molar-refractivity contribution in [1.29, 1.82) is 0 Å². The molecule has 3 heterocycles. The summed E-state index contributed by atoms with van der Waals surface area (Å²) in [6, 6.07) is 9.48. The van der Waals surface area contributed by atoms with Crippen LogP contribution in [0.25, 0.3) is 0 Å². The number of furan rings is 1. The molecule has 150 valence electrons. The Kier molecular flexibility index (Phi) is 5.20. The van der Waals surface area contributed by atoms with Crippen LogP contribution in [-0.4, -0.2) is 21.4 Å². The second-order valence-corrected chi connectivity index (χ2v) is 7.37. The van der Waals surface area contributed by atoms with Crippen molar-refractivity contribution in [3.8, 4) is 0 Å². The van der Waals surface area contributed by atoms with E-state index in [1.807, 2.05) is 36.6 Å². The first-order valence-electron chi connectivity index (χ1n) is 9.81. The number of nitrogens with one attached hydrogen (secondary N) is 2. The van der Waals surface area contributed by atoms with E-state index in [9.17, 15) is 9.59 Å². The van der Waals surface area contributed by atoms with Gasteiger partial charge >= 0.3 is 0 Å². The zero-order valence-electron chi connectivity index (χ0n) is 16.6. The number of imidazole rings is 1. The lowest BCUT2D eigenvalue weighted by atomic mass is 10.1. The fourth-order valence-corrected chi connectivity index (χ4v) is 3.61. The number of aromatic nitrogens is 2. The van der Waals surface area contributed by atoms with Crippen LogP contribution in [-0.2, 0) is 19.5 Å². The molecule has 7 heteroatoms. The molecule has 2 amide bonds. The first-order valence-corrected chi connectivity index (χ1v) is 9.81. The maximum atomic E-state index is 13.0. The Hall–Kier alpha value is -3.35. The Labute approximate surface area is 169 Å². The monoisotopic (exact) mass is 392 g/mol. The molecule has 0 fully saturated rings. The smallest absolute Gasteiger partial charge is 0.287 e. The molecule has 2 N–H and O–H groups in total. The number of benzene rings is 1. The Bertz CT molecular complexity index is 1050. The molecule has 0 aliphatic carbocycles. The minimum Gasteiger partial charge on any atom is -0.467 e. The van der Waals surface area contributed by atoms with Crippen LogP contribution in [0.1, 0.15) is 56.5 Å². The molecule has 7 nitrogen and oxygen atoms in total. The van der Waals surface area contributed by atoms with Gasteiger partial charge in [0.25, 0.3) is 11.8 Å². The predicted molar refractivity (Wildman–Crippen MR) is 109 cm³/mol. The highest BCUT2D eigenvalue weighted by Crippen LogP contribution is 2.23. The first kappa shape index (κ1) is 19.0. The van der Waals surface area contributed by atoms with Gasteiger partial charge in [-0.25, -0.2) is 4.98 Å². The maximum absolute atomic E-state index is 13.0. The number of anilines is 1. The molecule has 0 radical (unpaired) electrons. The van der Waals surface area contributed by atoms with Gasteiger partial charge in [0.15, 0.2) is 11.5 Å². The van der Waals surface area contributed by atoms with Crippen LogP contribution in [0, 0.1) is 13.8 Å². The molecule has 0 saturated carbocycles. The zero-order chi connectivity index (χ0) is 20.4. The number of fused-ring (bicyclic) bond motifs is 1. The van der Waals surface area contributed by atoms with E-state index in [1.165, 1.54) is 0 Å². The fraction of sp³-hybridized carbons (Fsp3) is 0.318. The van der Waals surface area contributed by atoms with E-state index in [0.29, 0.717) is 18.0 Å².